The molecule has 2 N–H and O–H groups in total. The molecule has 1 saturated carbocycles. The molecule has 0 aromatic heterocycles. The molecule has 1 heterocycles. The Morgan fingerprint density at radius 3 is 2.56 bits per heavy atom. The molecule has 1 saturated heterocycles. The monoisotopic (exact) mass is 403 g/mol. The van der Waals surface area contributed by atoms with Gasteiger partial charge in [0.25, 0.3) is 0 Å². The van der Waals surface area contributed by atoms with Gasteiger partial charge in [-0.3, -0.25) is 4.79 Å². The third-order valence-corrected chi connectivity index (χ3v) is 7.97. The van der Waals surface area contributed by atoms with Gasteiger partial charge < -0.3 is 20.2 Å². The van der Waals surface area contributed by atoms with Gasteiger partial charge in [0.1, 0.15) is 15.9 Å². The van der Waals surface area contributed by atoms with Crippen LogP contribution in [0.5, 0.6) is 0 Å². The summed E-state index contributed by atoms with van der Waals surface area (Å²) in [5.41, 5.74) is 0. The summed E-state index contributed by atoms with van der Waals surface area (Å²) in [5.74, 6) is -0.172. The second kappa shape index (κ2) is 8.77. The number of nitrogens with one attached hydrogen (secondary N) is 1. The average Bonchev–Trinajstić information content (AvgIpc) is 2.93. The highest BCUT2D eigenvalue weighted by Crippen LogP contribution is 2.35. The lowest BCUT2D eigenvalue weighted by molar-refractivity contribution is -0.133. The highest BCUT2D eigenvalue weighted by atomic mass is 32.2. The first-order chi connectivity index (χ1) is 12.6. The molecular weight excluding hydrogens is 370 g/mol. The highest BCUT2D eigenvalue weighted by molar-refractivity contribution is 7.91. The Kier molecular flexibility index (Phi) is 7.13. The minimum Gasteiger partial charge on any atom is -0.465 e. The number of hydrogen-bond donors (Lipinski definition) is 2. The number of carboxylic acid groups (broad SMARTS) is 1. The van der Waals surface area contributed by atoms with Crippen LogP contribution in [0, 0.1) is 5.92 Å². The fraction of sp³-hybridized carbons (Fsp3) is 0.889. The summed E-state index contributed by atoms with van der Waals surface area (Å²) in [7, 11) is -1.10. The molecule has 0 bridgehead atoms. The first-order valence-corrected chi connectivity index (χ1v) is 11.6. The van der Waals surface area contributed by atoms with E-state index in [1.54, 1.807) is 11.8 Å². The van der Waals surface area contributed by atoms with Crippen molar-refractivity contribution in [3.05, 3.63) is 0 Å². The fourth-order valence-electron chi connectivity index (χ4n) is 4.36. The lowest BCUT2D eigenvalue weighted by Gasteiger charge is -2.44. The first-order valence-electron chi connectivity index (χ1n) is 9.78. The van der Waals surface area contributed by atoms with Crippen LogP contribution >= 0.6 is 0 Å². The maximum Gasteiger partial charge on any atom is 0.405 e. The SMILES string of the molecule is CCS(=O)(=O)C[C@H]1C[C@H](N(C)C(C)C)CC[C@@H]1N1CC[C@H](NC(=O)O)C1=O. The molecule has 2 aliphatic rings. The summed E-state index contributed by atoms with van der Waals surface area (Å²) in [4.78, 5) is 27.6. The number of carbonyl (C=O) groups is 2. The summed E-state index contributed by atoms with van der Waals surface area (Å²) < 4.78 is 24.6. The number of likely N-dealkylation sites (tertiary alicyclic amines) is 1. The molecule has 27 heavy (non-hydrogen) atoms. The normalized spacial score (nSPS) is 29.6. The van der Waals surface area contributed by atoms with Crippen molar-refractivity contribution in [1.29, 1.82) is 0 Å². The van der Waals surface area contributed by atoms with Crippen LogP contribution in [0.4, 0.5) is 4.79 Å². The molecule has 0 aromatic rings. The van der Waals surface area contributed by atoms with Crippen molar-refractivity contribution in [3.8, 4) is 0 Å². The van der Waals surface area contributed by atoms with Crippen LogP contribution in [0.1, 0.15) is 46.5 Å². The van der Waals surface area contributed by atoms with E-state index >= 15 is 0 Å². The standard InChI is InChI=1S/C18H33N3O5S/c1-5-27(25,26)11-13-10-14(20(4)12(2)3)6-7-16(13)21-9-8-15(17(21)22)19-18(23)24/h12-16,19H,5-11H2,1-4H3,(H,23,24)/t13-,14-,15+,16+/m1/s1. The first kappa shape index (κ1) is 21.9. The molecule has 9 heteroatoms. The smallest absolute Gasteiger partial charge is 0.405 e. The predicted molar refractivity (Wildman–Crippen MR) is 103 cm³/mol. The van der Waals surface area contributed by atoms with Gasteiger partial charge in [-0.15, -0.1) is 0 Å². The maximum absolute atomic E-state index is 12.7. The third-order valence-electron chi connectivity index (χ3n) is 6.15. The molecule has 0 aromatic carbocycles. The van der Waals surface area contributed by atoms with Gasteiger partial charge in [-0.05, 0) is 52.5 Å². The fourth-order valence-corrected chi connectivity index (χ4v) is 5.61. The van der Waals surface area contributed by atoms with Crippen LogP contribution in [0.3, 0.4) is 0 Å². The molecule has 0 spiro atoms. The Balaban J connectivity index is 2.18. The van der Waals surface area contributed by atoms with E-state index in [0.717, 1.165) is 19.3 Å². The van der Waals surface area contributed by atoms with E-state index in [4.69, 9.17) is 5.11 Å². The number of amides is 2. The third kappa shape index (κ3) is 5.34. The summed E-state index contributed by atoms with van der Waals surface area (Å²) >= 11 is 0. The summed E-state index contributed by atoms with van der Waals surface area (Å²) in [5, 5.41) is 11.2. The van der Waals surface area contributed by atoms with Crippen LogP contribution in [0.25, 0.3) is 0 Å². The van der Waals surface area contributed by atoms with E-state index in [1.165, 1.54) is 0 Å². The van der Waals surface area contributed by atoms with Crippen molar-refractivity contribution in [2.45, 2.75) is 70.6 Å². The van der Waals surface area contributed by atoms with Crippen molar-refractivity contribution in [1.82, 2.24) is 15.1 Å². The van der Waals surface area contributed by atoms with E-state index < -0.39 is 22.0 Å². The van der Waals surface area contributed by atoms with E-state index in [2.05, 4.69) is 31.1 Å². The maximum atomic E-state index is 12.7. The average molecular weight is 404 g/mol. The molecule has 1 aliphatic heterocycles. The highest BCUT2D eigenvalue weighted by Gasteiger charge is 2.43. The molecular formula is C18H33N3O5S. The van der Waals surface area contributed by atoms with Gasteiger partial charge in [0.2, 0.25) is 5.91 Å². The van der Waals surface area contributed by atoms with E-state index in [1.807, 2.05) is 0 Å². The topological polar surface area (TPSA) is 107 Å². The Hall–Kier alpha value is -1.35. The Labute approximate surface area is 162 Å². The van der Waals surface area contributed by atoms with E-state index in [9.17, 15) is 18.0 Å². The number of nitrogens with zero attached hydrogens (tertiary/aromatic N) is 2. The zero-order chi connectivity index (χ0) is 20.4. The number of hydrogen-bond acceptors (Lipinski definition) is 5. The lowest BCUT2D eigenvalue weighted by atomic mass is 9.81. The number of rotatable bonds is 7. The van der Waals surface area contributed by atoms with Crippen LogP contribution in [0.15, 0.2) is 0 Å². The number of sulfone groups is 1. The molecule has 2 rings (SSSR count). The molecule has 156 valence electrons. The number of carbonyl (C=O) groups excluding carboxylic acids is 1. The van der Waals surface area contributed by atoms with Gasteiger partial charge in [-0.25, -0.2) is 13.2 Å². The van der Waals surface area contributed by atoms with Crippen LogP contribution in [-0.4, -0.2) is 84.6 Å². The lowest BCUT2D eigenvalue weighted by Crippen LogP contribution is -2.53. The van der Waals surface area contributed by atoms with E-state index in [-0.39, 0.29) is 29.4 Å². The van der Waals surface area contributed by atoms with Crippen molar-refractivity contribution >= 4 is 21.8 Å². The zero-order valence-electron chi connectivity index (χ0n) is 16.7. The summed E-state index contributed by atoms with van der Waals surface area (Å²) in [6.45, 7) is 6.37. The molecule has 2 amide bonds. The van der Waals surface area contributed by atoms with Gasteiger partial charge in [-0.2, -0.15) is 0 Å². The largest absolute Gasteiger partial charge is 0.465 e. The molecule has 2 fully saturated rings. The quantitative estimate of drug-likeness (QED) is 0.661. The molecule has 8 nitrogen and oxygen atoms in total. The van der Waals surface area contributed by atoms with Crippen LogP contribution < -0.4 is 5.32 Å². The molecule has 4 atom stereocenters. The minimum atomic E-state index is -3.17. The van der Waals surface area contributed by atoms with E-state index in [0.29, 0.717) is 25.0 Å². The Morgan fingerprint density at radius 2 is 2.00 bits per heavy atom. The van der Waals surface area contributed by atoms with Gasteiger partial charge in [-0.1, -0.05) is 6.92 Å². The predicted octanol–water partition coefficient (Wildman–Crippen LogP) is 1.17. The zero-order valence-corrected chi connectivity index (χ0v) is 17.5. The van der Waals surface area contributed by atoms with Gasteiger partial charge in [0.15, 0.2) is 0 Å². The van der Waals surface area contributed by atoms with Crippen molar-refractivity contribution < 1.29 is 23.1 Å². The molecule has 1 aliphatic carbocycles. The van der Waals surface area contributed by atoms with Gasteiger partial charge in [0.05, 0.1) is 5.75 Å². The Bertz CT molecular complexity index is 651. The second-order valence-corrected chi connectivity index (χ2v) is 10.5. The van der Waals surface area contributed by atoms with Gasteiger partial charge >= 0.3 is 6.09 Å². The minimum absolute atomic E-state index is 0.0808. The van der Waals surface area contributed by atoms with Crippen molar-refractivity contribution in [2.75, 3.05) is 25.1 Å². The molecule has 0 radical (unpaired) electrons. The van der Waals surface area contributed by atoms with Crippen LogP contribution in [0.2, 0.25) is 0 Å². The van der Waals surface area contributed by atoms with Crippen LogP contribution in [-0.2, 0) is 14.6 Å². The van der Waals surface area contributed by atoms with Crippen molar-refractivity contribution in [3.63, 3.8) is 0 Å². The second-order valence-electron chi connectivity index (χ2n) is 8.07. The van der Waals surface area contributed by atoms with Crippen molar-refractivity contribution in [2.24, 2.45) is 5.92 Å². The summed E-state index contributed by atoms with van der Waals surface area (Å²) in [6, 6.07) is -0.199. The Morgan fingerprint density at radius 1 is 1.33 bits per heavy atom. The van der Waals surface area contributed by atoms with Gasteiger partial charge in [0, 0.05) is 30.4 Å². The summed E-state index contributed by atoms with van der Waals surface area (Å²) in [6.07, 6.45) is 1.62. The molecule has 0 unspecified atom stereocenters.